The van der Waals surface area contributed by atoms with Crippen LogP contribution in [-0.4, -0.2) is 18.2 Å². The van der Waals surface area contributed by atoms with Crippen LogP contribution in [0.3, 0.4) is 0 Å². The molecule has 0 atom stereocenters. The van der Waals surface area contributed by atoms with Gasteiger partial charge >= 0.3 is 5.97 Å². The molecular weight excluding hydrogens is 248 g/mol. The summed E-state index contributed by atoms with van der Waals surface area (Å²) in [5, 5.41) is 11.1. The van der Waals surface area contributed by atoms with Crippen LogP contribution in [0.2, 0.25) is 0 Å². The normalized spacial score (nSPS) is 11.3. The minimum Gasteiger partial charge on any atom is -0.497 e. The van der Waals surface area contributed by atoms with Gasteiger partial charge in [0.25, 0.3) is 0 Å². The molecule has 2 rings (SSSR count). The van der Waals surface area contributed by atoms with Crippen molar-refractivity contribution in [3.63, 3.8) is 0 Å². The summed E-state index contributed by atoms with van der Waals surface area (Å²) in [6.07, 6.45) is 1.65. The Kier molecular flexibility index (Phi) is 3.79. The van der Waals surface area contributed by atoms with E-state index in [-0.39, 0.29) is 0 Å². The topological polar surface area (TPSA) is 46.5 Å². The van der Waals surface area contributed by atoms with E-state index in [1.54, 1.807) is 25.3 Å². The summed E-state index contributed by atoms with van der Waals surface area (Å²) in [5.41, 5.74) is 1.10. The number of hydrogen-bond donors (Lipinski definition) is 1. The van der Waals surface area contributed by atoms with Crippen LogP contribution in [0.15, 0.2) is 41.8 Å². The molecule has 0 fully saturated rings. The second kappa shape index (κ2) is 5.51. The molecule has 0 aliphatic carbocycles. The predicted molar refractivity (Wildman–Crippen MR) is 72.8 cm³/mol. The number of hydrogen-bond acceptors (Lipinski definition) is 3. The number of benzene rings is 1. The molecular formula is C14H12O3S. The smallest absolute Gasteiger partial charge is 0.337 e. The van der Waals surface area contributed by atoms with Crippen LogP contribution in [-0.2, 0) is 4.79 Å². The summed E-state index contributed by atoms with van der Waals surface area (Å²) >= 11 is 1.41. The lowest BCUT2D eigenvalue weighted by Gasteiger charge is -2.02. The zero-order valence-electron chi connectivity index (χ0n) is 9.79. The van der Waals surface area contributed by atoms with Gasteiger partial charge in [-0.25, -0.2) is 4.79 Å². The van der Waals surface area contributed by atoms with E-state index in [0.29, 0.717) is 11.3 Å². The van der Waals surface area contributed by atoms with Crippen molar-refractivity contribution in [1.82, 2.24) is 0 Å². The Bertz CT molecular complexity index is 570. The molecule has 18 heavy (non-hydrogen) atoms. The molecule has 0 saturated carbocycles. The molecule has 0 bridgehead atoms. The Hall–Kier alpha value is -2.07. The molecule has 1 heterocycles. The maximum absolute atomic E-state index is 11.3. The lowest BCUT2D eigenvalue weighted by atomic mass is 10.1. The van der Waals surface area contributed by atoms with Gasteiger partial charge in [-0.15, -0.1) is 11.3 Å². The first-order valence-electron chi connectivity index (χ1n) is 5.33. The average Bonchev–Trinajstić information content (AvgIpc) is 2.89. The van der Waals surface area contributed by atoms with E-state index in [0.717, 1.165) is 10.4 Å². The summed E-state index contributed by atoms with van der Waals surface area (Å²) < 4.78 is 5.11. The van der Waals surface area contributed by atoms with Crippen molar-refractivity contribution >= 4 is 29.0 Å². The number of aliphatic carboxylic acids is 1. The molecule has 0 saturated heterocycles. The van der Waals surface area contributed by atoms with Crippen LogP contribution < -0.4 is 4.74 Å². The molecule has 0 spiro atoms. The number of rotatable bonds is 4. The van der Waals surface area contributed by atoms with E-state index in [1.807, 2.05) is 29.6 Å². The highest BCUT2D eigenvalue weighted by atomic mass is 32.1. The third-order valence-corrected chi connectivity index (χ3v) is 3.32. The molecule has 1 aromatic heterocycles. The second-order valence-electron chi connectivity index (χ2n) is 3.62. The van der Waals surface area contributed by atoms with E-state index < -0.39 is 5.97 Å². The summed E-state index contributed by atoms with van der Waals surface area (Å²) in [6.45, 7) is 0. The van der Waals surface area contributed by atoms with Crippen molar-refractivity contribution in [3.05, 3.63) is 52.2 Å². The lowest BCUT2D eigenvalue weighted by molar-refractivity contribution is -0.130. The number of methoxy groups -OCH3 is 1. The van der Waals surface area contributed by atoms with E-state index in [1.165, 1.54) is 11.3 Å². The largest absolute Gasteiger partial charge is 0.497 e. The van der Waals surface area contributed by atoms with Gasteiger partial charge in [-0.3, -0.25) is 0 Å². The van der Waals surface area contributed by atoms with Gasteiger partial charge in [-0.05, 0) is 35.2 Å². The molecule has 92 valence electrons. The summed E-state index contributed by atoms with van der Waals surface area (Å²) in [6, 6.07) is 10.9. The molecule has 4 heteroatoms. The standard InChI is InChI=1S/C14H12O3S/c1-17-11-5-2-4-10(8-11)9-12(14(15)16)13-6-3-7-18-13/h2-9H,1H3,(H,15,16). The quantitative estimate of drug-likeness (QED) is 0.857. The first-order valence-corrected chi connectivity index (χ1v) is 6.21. The van der Waals surface area contributed by atoms with E-state index in [9.17, 15) is 9.90 Å². The molecule has 0 radical (unpaired) electrons. The Labute approximate surface area is 109 Å². The monoisotopic (exact) mass is 260 g/mol. The Balaban J connectivity index is 2.42. The van der Waals surface area contributed by atoms with E-state index >= 15 is 0 Å². The van der Waals surface area contributed by atoms with Gasteiger partial charge in [0.15, 0.2) is 0 Å². The van der Waals surface area contributed by atoms with Crippen molar-refractivity contribution in [3.8, 4) is 5.75 Å². The fourth-order valence-electron chi connectivity index (χ4n) is 1.57. The van der Waals surface area contributed by atoms with Gasteiger partial charge in [0.05, 0.1) is 12.7 Å². The Morgan fingerprint density at radius 2 is 2.17 bits per heavy atom. The second-order valence-corrected chi connectivity index (χ2v) is 4.56. The SMILES string of the molecule is COc1cccc(C=C(C(=O)O)c2cccs2)c1. The molecule has 1 N–H and O–H groups in total. The Morgan fingerprint density at radius 3 is 2.78 bits per heavy atom. The molecule has 2 aromatic rings. The highest BCUT2D eigenvalue weighted by molar-refractivity contribution is 7.11. The Morgan fingerprint density at radius 1 is 1.33 bits per heavy atom. The zero-order chi connectivity index (χ0) is 13.0. The molecule has 0 unspecified atom stereocenters. The fraction of sp³-hybridized carbons (Fsp3) is 0.0714. The van der Waals surface area contributed by atoms with Gasteiger partial charge in [0.1, 0.15) is 5.75 Å². The highest BCUT2D eigenvalue weighted by Gasteiger charge is 2.11. The maximum Gasteiger partial charge on any atom is 0.337 e. The lowest BCUT2D eigenvalue weighted by Crippen LogP contribution is -1.97. The van der Waals surface area contributed by atoms with Gasteiger partial charge in [0.2, 0.25) is 0 Å². The fourth-order valence-corrected chi connectivity index (χ4v) is 2.30. The number of carbonyl (C=O) groups is 1. The van der Waals surface area contributed by atoms with Crippen molar-refractivity contribution in [1.29, 1.82) is 0 Å². The first kappa shape index (κ1) is 12.4. The van der Waals surface area contributed by atoms with Crippen LogP contribution in [0.5, 0.6) is 5.75 Å². The third kappa shape index (κ3) is 2.78. The number of ether oxygens (including phenoxy) is 1. The number of carboxylic acids is 1. The third-order valence-electron chi connectivity index (χ3n) is 2.42. The van der Waals surface area contributed by atoms with Gasteiger partial charge in [-0.1, -0.05) is 18.2 Å². The molecule has 1 aromatic carbocycles. The van der Waals surface area contributed by atoms with Gasteiger partial charge < -0.3 is 9.84 Å². The van der Waals surface area contributed by atoms with Gasteiger partial charge in [-0.2, -0.15) is 0 Å². The maximum atomic E-state index is 11.3. The summed E-state index contributed by atoms with van der Waals surface area (Å²) in [7, 11) is 1.58. The highest BCUT2D eigenvalue weighted by Crippen LogP contribution is 2.24. The van der Waals surface area contributed by atoms with E-state index in [4.69, 9.17) is 4.74 Å². The van der Waals surface area contributed by atoms with Crippen molar-refractivity contribution in [2.75, 3.05) is 7.11 Å². The first-order chi connectivity index (χ1) is 8.70. The average molecular weight is 260 g/mol. The van der Waals surface area contributed by atoms with Crippen molar-refractivity contribution in [2.45, 2.75) is 0 Å². The summed E-state index contributed by atoms with van der Waals surface area (Å²) in [4.78, 5) is 12.0. The molecule has 3 nitrogen and oxygen atoms in total. The van der Waals surface area contributed by atoms with Crippen molar-refractivity contribution in [2.24, 2.45) is 0 Å². The molecule has 0 amide bonds. The van der Waals surface area contributed by atoms with Crippen molar-refractivity contribution < 1.29 is 14.6 Å². The minimum absolute atomic E-state index is 0.290. The summed E-state index contributed by atoms with van der Waals surface area (Å²) in [5.74, 6) is -0.222. The van der Waals surface area contributed by atoms with Crippen LogP contribution in [0, 0.1) is 0 Å². The number of thiophene rings is 1. The zero-order valence-corrected chi connectivity index (χ0v) is 10.6. The molecule has 0 aliphatic heterocycles. The number of carboxylic acid groups (broad SMARTS) is 1. The minimum atomic E-state index is -0.930. The molecule has 0 aliphatic rings. The van der Waals surface area contributed by atoms with Gasteiger partial charge in [0, 0.05) is 4.88 Å². The van der Waals surface area contributed by atoms with Crippen LogP contribution in [0.4, 0.5) is 0 Å². The predicted octanol–water partition coefficient (Wildman–Crippen LogP) is 3.38. The van der Waals surface area contributed by atoms with Crippen LogP contribution in [0.25, 0.3) is 11.6 Å². The van der Waals surface area contributed by atoms with Crippen LogP contribution >= 0.6 is 11.3 Å². The van der Waals surface area contributed by atoms with E-state index in [2.05, 4.69) is 0 Å². The van der Waals surface area contributed by atoms with Crippen LogP contribution in [0.1, 0.15) is 10.4 Å².